The first kappa shape index (κ1) is 11.0. The van der Waals surface area contributed by atoms with Gasteiger partial charge in [0.25, 0.3) is 0 Å². The average Bonchev–Trinajstić information content (AvgIpc) is 2.39. The molecule has 2 rings (SSSR count). The third kappa shape index (κ3) is 1.60. The largest absolute Gasteiger partial charge is 2.00 e. The number of para-hydroxylation sites is 1. The molecule has 1 aromatic rings. The molecule has 0 spiro atoms. The Hall–Kier alpha value is -1.07. The third-order valence-corrected chi connectivity index (χ3v) is 2.04. The number of fused-ring (bicyclic) bond motifs is 1. The van der Waals surface area contributed by atoms with Crippen LogP contribution in [0.1, 0.15) is 5.56 Å². The van der Waals surface area contributed by atoms with Crippen molar-refractivity contribution < 1.29 is 9.59 Å². The molecule has 14 heavy (non-hydrogen) atoms. The second-order valence-corrected chi connectivity index (χ2v) is 2.87. The van der Waals surface area contributed by atoms with E-state index in [4.69, 9.17) is 5.73 Å². The van der Waals surface area contributed by atoms with Crippen LogP contribution in [0.4, 0.5) is 10.5 Å². The van der Waals surface area contributed by atoms with E-state index in [1.807, 2.05) is 12.1 Å². The molecule has 0 saturated heterocycles. The summed E-state index contributed by atoms with van der Waals surface area (Å²) in [5.74, 6) is -0.256. The van der Waals surface area contributed by atoms with Gasteiger partial charge in [0.05, 0.1) is 12.1 Å². The summed E-state index contributed by atoms with van der Waals surface area (Å²) < 4.78 is 0. The van der Waals surface area contributed by atoms with E-state index in [9.17, 15) is 9.59 Å². The molecule has 0 aromatic heterocycles. The molecule has 0 bridgehead atoms. The van der Waals surface area contributed by atoms with Crippen LogP contribution in [0.3, 0.4) is 0 Å². The SMILES string of the molecule is NC(=O)N1C(=O)Cc2ccccc21.[Mg+2]. The van der Waals surface area contributed by atoms with Gasteiger partial charge in [-0.2, -0.15) is 0 Å². The van der Waals surface area contributed by atoms with Gasteiger partial charge in [-0.3, -0.25) is 4.79 Å². The summed E-state index contributed by atoms with van der Waals surface area (Å²) in [6, 6.07) is 6.42. The fourth-order valence-electron chi connectivity index (χ4n) is 1.50. The van der Waals surface area contributed by atoms with Crippen LogP contribution < -0.4 is 10.6 Å². The van der Waals surface area contributed by atoms with Gasteiger partial charge >= 0.3 is 29.1 Å². The number of carbonyl (C=O) groups excluding carboxylic acids is 2. The molecule has 4 nitrogen and oxygen atoms in total. The molecule has 0 fully saturated rings. The van der Waals surface area contributed by atoms with E-state index in [-0.39, 0.29) is 35.4 Å². The van der Waals surface area contributed by atoms with Gasteiger partial charge in [-0.1, -0.05) is 18.2 Å². The van der Waals surface area contributed by atoms with E-state index in [1.165, 1.54) is 0 Å². The number of hydrogen-bond donors (Lipinski definition) is 1. The van der Waals surface area contributed by atoms with Gasteiger partial charge in [0, 0.05) is 0 Å². The average molecular weight is 200 g/mol. The Bertz CT molecular complexity index is 392. The quantitative estimate of drug-likeness (QED) is 0.611. The molecule has 5 heteroatoms. The van der Waals surface area contributed by atoms with Crippen molar-refractivity contribution in [3.63, 3.8) is 0 Å². The van der Waals surface area contributed by atoms with Gasteiger partial charge in [-0.25, -0.2) is 9.69 Å². The molecule has 3 amide bonds. The van der Waals surface area contributed by atoms with Crippen LogP contribution in [0.15, 0.2) is 24.3 Å². The summed E-state index contributed by atoms with van der Waals surface area (Å²) in [7, 11) is 0. The Morgan fingerprint density at radius 1 is 1.36 bits per heavy atom. The number of primary amides is 1. The van der Waals surface area contributed by atoms with Gasteiger partial charge in [0.2, 0.25) is 5.91 Å². The molecule has 2 N–H and O–H groups in total. The Labute approximate surface area is 97.2 Å². The maximum absolute atomic E-state index is 11.3. The van der Waals surface area contributed by atoms with Crippen molar-refractivity contribution in [2.24, 2.45) is 5.73 Å². The van der Waals surface area contributed by atoms with Gasteiger partial charge in [-0.15, -0.1) is 0 Å². The van der Waals surface area contributed by atoms with Crippen molar-refractivity contribution in [3.8, 4) is 0 Å². The second-order valence-electron chi connectivity index (χ2n) is 2.87. The smallest absolute Gasteiger partial charge is 0.351 e. The van der Waals surface area contributed by atoms with Crippen LogP contribution in [-0.4, -0.2) is 35.0 Å². The summed E-state index contributed by atoms with van der Waals surface area (Å²) in [6.45, 7) is 0. The maximum atomic E-state index is 11.3. The van der Waals surface area contributed by atoms with Crippen LogP contribution in [-0.2, 0) is 11.2 Å². The number of nitrogens with two attached hydrogens (primary N) is 1. The van der Waals surface area contributed by atoms with Gasteiger partial charge in [-0.05, 0) is 11.6 Å². The predicted molar refractivity (Wildman–Crippen MR) is 53.0 cm³/mol. The van der Waals surface area contributed by atoms with Gasteiger partial charge < -0.3 is 5.73 Å². The molecule has 66 valence electrons. The Morgan fingerprint density at radius 2 is 2.00 bits per heavy atom. The molecule has 0 atom stereocenters. The van der Waals surface area contributed by atoms with E-state index < -0.39 is 6.03 Å². The minimum absolute atomic E-state index is 0. The van der Waals surface area contributed by atoms with Crippen molar-refractivity contribution in [2.75, 3.05) is 4.90 Å². The fourth-order valence-corrected chi connectivity index (χ4v) is 1.50. The zero-order valence-electron chi connectivity index (χ0n) is 7.56. The summed E-state index contributed by atoms with van der Waals surface area (Å²) in [6.07, 6.45) is 0.263. The van der Waals surface area contributed by atoms with E-state index in [1.54, 1.807) is 12.1 Å². The topological polar surface area (TPSA) is 63.4 Å². The number of nitrogens with zero attached hydrogens (tertiary/aromatic N) is 1. The zero-order valence-corrected chi connectivity index (χ0v) is 8.98. The van der Waals surface area contributed by atoms with E-state index in [2.05, 4.69) is 0 Å². The van der Waals surface area contributed by atoms with Gasteiger partial charge in [0.1, 0.15) is 0 Å². The fraction of sp³-hybridized carbons (Fsp3) is 0.111. The number of amides is 3. The van der Waals surface area contributed by atoms with Crippen LogP contribution in [0.5, 0.6) is 0 Å². The Balaban J connectivity index is 0.000000980. The van der Waals surface area contributed by atoms with Crippen molar-refractivity contribution in [1.82, 2.24) is 0 Å². The van der Waals surface area contributed by atoms with Gasteiger partial charge in [0.15, 0.2) is 0 Å². The number of rotatable bonds is 0. The summed E-state index contributed by atoms with van der Waals surface area (Å²) in [4.78, 5) is 23.2. The van der Waals surface area contributed by atoms with E-state index >= 15 is 0 Å². The molecule has 0 radical (unpaired) electrons. The van der Waals surface area contributed by atoms with Crippen molar-refractivity contribution >= 4 is 40.7 Å². The number of anilines is 1. The third-order valence-electron chi connectivity index (χ3n) is 2.04. The summed E-state index contributed by atoms with van der Waals surface area (Å²) in [5.41, 5.74) is 6.53. The summed E-state index contributed by atoms with van der Waals surface area (Å²) in [5, 5.41) is 0. The molecule has 0 unspecified atom stereocenters. The van der Waals surface area contributed by atoms with Crippen LogP contribution in [0.2, 0.25) is 0 Å². The minimum atomic E-state index is -0.713. The number of carbonyl (C=O) groups is 2. The number of imide groups is 1. The predicted octanol–water partition coefficient (Wildman–Crippen LogP) is 0.274. The van der Waals surface area contributed by atoms with Crippen molar-refractivity contribution in [1.29, 1.82) is 0 Å². The van der Waals surface area contributed by atoms with Crippen molar-refractivity contribution in [3.05, 3.63) is 29.8 Å². The van der Waals surface area contributed by atoms with Crippen LogP contribution >= 0.6 is 0 Å². The second kappa shape index (κ2) is 3.97. The normalized spacial score (nSPS) is 13.4. The minimum Gasteiger partial charge on any atom is -0.351 e. The summed E-state index contributed by atoms with van der Waals surface area (Å²) >= 11 is 0. The van der Waals surface area contributed by atoms with E-state index in [0.717, 1.165) is 10.5 Å². The van der Waals surface area contributed by atoms with Crippen LogP contribution in [0.25, 0.3) is 0 Å². The molecule has 1 aliphatic heterocycles. The number of urea groups is 1. The molecule has 1 aromatic carbocycles. The first-order chi connectivity index (χ1) is 6.20. The molecule has 0 saturated carbocycles. The maximum Gasteiger partial charge on any atom is 2.00 e. The Kier molecular flexibility index (Phi) is 3.12. The molecular weight excluding hydrogens is 192 g/mol. The number of hydrogen-bond acceptors (Lipinski definition) is 2. The molecule has 1 aliphatic rings. The van der Waals surface area contributed by atoms with Crippen molar-refractivity contribution in [2.45, 2.75) is 6.42 Å². The zero-order chi connectivity index (χ0) is 9.42. The standard InChI is InChI=1S/C9H8N2O2.Mg/c10-9(13)11-7-4-2-1-3-6(7)5-8(11)12;/h1-4H,5H2,(H2,10,13);/q;+2. The van der Waals surface area contributed by atoms with E-state index in [0.29, 0.717) is 5.69 Å². The monoisotopic (exact) mass is 200 g/mol. The number of benzene rings is 1. The molecular formula is C9H8MgN2O2+2. The Morgan fingerprint density at radius 3 is 2.64 bits per heavy atom. The van der Waals surface area contributed by atoms with Crippen LogP contribution in [0, 0.1) is 0 Å². The molecule has 0 aliphatic carbocycles. The first-order valence-corrected chi connectivity index (χ1v) is 3.90. The first-order valence-electron chi connectivity index (χ1n) is 3.90. The molecule has 1 heterocycles.